The zero-order valence-electron chi connectivity index (χ0n) is 16.8. The number of nitrogens with zero attached hydrogens (tertiary/aromatic N) is 4. The van der Waals surface area contributed by atoms with Crippen LogP contribution < -0.4 is 5.32 Å². The average Bonchev–Trinajstić information content (AvgIpc) is 3.35. The molecule has 0 saturated heterocycles. The maximum absolute atomic E-state index is 13.0. The van der Waals surface area contributed by atoms with Crippen molar-refractivity contribution < 1.29 is 9.18 Å². The standard InChI is InChI=1S/C22H20FN5OS2/c1-15-26-27-22(28(15)13-17-5-3-2-4-6-17)30-14-20(29)25-21-24-12-19(31-21)11-16-7-9-18(23)10-8-16/h2-10,12H,11,13-14H2,1H3,(H,24,25,29). The molecular weight excluding hydrogens is 433 g/mol. The fraction of sp³-hybridized carbons (Fsp3) is 0.182. The first kappa shape index (κ1) is 21.2. The van der Waals surface area contributed by atoms with Gasteiger partial charge >= 0.3 is 0 Å². The molecule has 0 spiro atoms. The Kier molecular flexibility index (Phi) is 6.73. The van der Waals surface area contributed by atoms with Crippen LogP contribution in [-0.2, 0) is 17.8 Å². The van der Waals surface area contributed by atoms with E-state index in [1.807, 2.05) is 41.8 Å². The number of hydrogen-bond acceptors (Lipinski definition) is 6. The minimum atomic E-state index is -0.256. The molecule has 6 nitrogen and oxygen atoms in total. The lowest BCUT2D eigenvalue weighted by atomic mass is 10.1. The fourth-order valence-corrected chi connectivity index (χ4v) is 4.60. The van der Waals surface area contributed by atoms with Crippen LogP contribution in [-0.4, -0.2) is 31.4 Å². The summed E-state index contributed by atoms with van der Waals surface area (Å²) in [6.45, 7) is 2.56. The van der Waals surface area contributed by atoms with Crippen LogP contribution >= 0.6 is 23.1 Å². The number of hydrogen-bond donors (Lipinski definition) is 1. The predicted molar refractivity (Wildman–Crippen MR) is 121 cm³/mol. The number of rotatable bonds is 8. The van der Waals surface area contributed by atoms with Crippen LogP contribution in [0.3, 0.4) is 0 Å². The lowest BCUT2D eigenvalue weighted by Crippen LogP contribution is -2.14. The number of aromatic nitrogens is 4. The molecule has 0 aliphatic rings. The summed E-state index contributed by atoms with van der Waals surface area (Å²) in [7, 11) is 0. The Morgan fingerprint density at radius 3 is 2.65 bits per heavy atom. The third-order valence-electron chi connectivity index (χ3n) is 4.51. The molecule has 0 saturated carbocycles. The van der Waals surface area contributed by atoms with Gasteiger partial charge in [0, 0.05) is 17.5 Å². The minimum Gasteiger partial charge on any atom is -0.302 e. The zero-order valence-corrected chi connectivity index (χ0v) is 18.4. The minimum absolute atomic E-state index is 0.153. The van der Waals surface area contributed by atoms with Gasteiger partial charge < -0.3 is 9.88 Å². The molecule has 2 aromatic carbocycles. The number of benzene rings is 2. The largest absolute Gasteiger partial charge is 0.302 e. The van der Waals surface area contributed by atoms with E-state index < -0.39 is 0 Å². The van der Waals surface area contributed by atoms with Crippen molar-refractivity contribution in [2.45, 2.75) is 25.0 Å². The molecule has 2 heterocycles. The maximum Gasteiger partial charge on any atom is 0.236 e. The summed E-state index contributed by atoms with van der Waals surface area (Å²) >= 11 is 2.76. The van der Waals surface area contributed by atoms with Crippen molar-refractivity contribution in [1.29, 1.82) is 0 Å². The van der Waals surface area contributed by atoms with Crippen molar-refractivity contribution in [3.8, 4) is 0 Å². The van der Waals surface area contributed by atoms with Crippen molar-refractivity contribution in [3.63, 3.8) is 0 Å². The Morgan fingerprint density at radius 1 is 1.10 bits per heavy atom. The van der Waals surface area contributed by atoms with Gasteiger partial charge in [0.25, 0.3) is 0 Å². The van der Waals surface area contributed by atoms with Crippen molar-refractivity contribution in [2.75, 3.05) is 11.1 Å². The Hall–Kier alpha value is -3.04. The lowest BCUT2D eigenvalue weighted by molar-refractivity contribution is -0.113. The molecule has 0 aliphatic carbocycles. The van der Waals surface area contributed by atoms with Gasteiger partial charge in [-0.1, -0.05) is 54.2 Å². The number of anilines is 1. The molecule has 0 atom stereocenters. The van der Waals surface area contributed by atoms with Crippen LogP contribution in [0.4, 0.5) is 9.52 Å². The van der Waals surface area contributed by atoms with Gasteiger partial charge in [0.1, 0.15) is 11.6 Å². The van der Waals surface area contributed by atoms with Gasteiger partial charge in [-0.15, -0.1) is 21.5 Å². The first-order chi connectivity index (χ1) is 15.1. The molecule has 0 unspecified atom stereocenters. The highest BCUT2D eigenvalue weighted by Gasteiger charge is 2.13. The van der Waals surface area contributed by atoms with E-state index >= 15 is 0 Å². The number of amides is 1. The maximum atomic E-state index is 13.0. The monoisotopic (exact) mass is 453 g/mol. The molecule has 158 valence electrons. The van der Waals surface area contributed by atoms with Gasteiger partial charge in [-0.3, -0.25) is 4.79 Å². The molecule has 0 radical (unpaired) electrons. The van der Waals surface area contributed by atoms with E-state index in [4.69, 9.17) is 0 Å². The van der Waals surface area contributed by atoms with Gasteiger partial charge in [0.05, 0.1) is 12.3 Å². The summed E-state index contributed by atoms with van der Waals surface area (Å²) in [6, 6.07) is 16.4. The molecule has 0 bridgehead atoms. The number of nitrogens with one attached hydrogen (secondary N) is 1. The van der Waals surface area contributed by atoms with Crippen molar-refractivity contribution >= 4 is 34.1 Å². The molecule has 1 N–H and O–H groups in total. The SMILES string of the molecule is Cc1nnc(SCC(=O)Nc2ncc(Cc3ccc(F)cc3)s2)n1Cc1ccccc1. The van der Waals surface area contributed by atoms with Crippen LogP contribution in [0.15, 0.2) is 66.0 Å². The number of thioether (sulfide) groups is 1. The van der Waals surface area contributed by atoms with Gasteiger partial charge in [0.15, 0.2) is 10.3 Å². The Bertz CT molecular complexity index is 1160. The summed E-state index contributed by atoms with van der Waals surface area (Å²) in [4.78, 5) is 17.7. The van der Waals surface area contributed by atoms with E-state index in [0.717, 1.165) is 21.8 Å². The Labute approximate surface area is 187 Å². The lowest BCUT2D eigenvalue weighted by Gasteiger charge is -2.08. The Morgan fingerprint density at radius 2 is 1.87 bits per heavy atom. The van der Waals surface area contributed by atoms with E-state index in [0.29, 0.717) is 23.3 Å². The van der Waals surface area contributed by atoms with E-state index in [9.17, 15) is 9.18 Å². The highest BCUT2D eigenvalue weighted by molar-refractivity contribution is 7.99. The molecule has 31 heavy (non-hydrogen) atoms. The zero-order chi connectivity index (χ0) is 21.6. The van der Waals surface area contributed by atoms with E-state index in [2.05, 4.69) is 20.5 Å². The summed E-state index contributed by atoms with van der Waals surface area (Å²) in [6.07, 6.45) is 2.38. The predicted octanol–water partition coefficient (Wildman–Crippen LogP) is 4.55. The van der Waals surface area contributed by atoms with Gasteiger partial charge in [-0.25, -0.2) is 9.37 Å². The molecule has 4 rings (SSSR count). The summed E-state index contributed by atoms with van der Waals surface area (Å²) in [5, 5.41) is 12.4. The fourth-order valence-electron chi connectivity index (χ4n) is 2.95. The van der Waals surface area contributed by atoms with Crippen molar-refractivity contribution in [3.05, 3.63) is 88.4 Å². The second-order valence-electron chi connectivity index (χ2n) is 6.87. The van der Waals surface area contributed by atoms with Gasteiger partial charge in [-0.05, 0) is 30.2 Å². The smallest absolute Gasteiger partial charge is 0.236 e. The van der Waals surface area contributed by atoms with Gasteiger partial charge in [-0.2, -0.15) is 0 Å². The van der Waals surface area contributed by atoms with E-state index in [-0.39, 0.29) is 17.5 Å². The topological polar surface area (TPSA) is 72.7 Å². The van der Waals surface area contributed by atoms with Crippen LogP contribution in [0.2, 0.25) is 0 Å². The Balaban J connectivity index is 1.32. The average molecular weight is 454 g/mol. The van der Waals surface area contributed by atoms with Crippen LogP contribution in [0.5, 0.6) is 0 Å². The molecular formula is C22H20FN5OS2. The van der Waals surface area contributed by atoms with Crippen molar-refractivity contribution in [2.24, 2.45) is 0 Å². The third kappa shape index (κ3) is 5.77. The summed E-state index contributed by atoms with van der Waals surface area (Å²) < 4.78 is 15.0. The highest BCUT2D eigenvalue weighted by Crippen LogP contribution is 2.23. The second kappa shape index (κ2) is 9.84. The first-order valence-corrected chi connectivity index (χ1v) is 11.4. The third-order valence-corrected chi connectivity index (χ3v) is 6.39. The van der Waals surface area contributed by atoms with Crippen LogP contribution in [0.25, 0.3) is 0 Å². The molecule has 1 amide bonds. The summed E-state index contributed by atoms with van der Waals surface area (Å²) in [5.74, 6) is 0.602. The molecule has 0 aliphatic heterocycles. The normalized spacial score (nSPS) is 10.9. The molecule has 0 fully saturated rings. The quantitative estimate of drug-likeness (QED) is 0.396. The molecule has 4 aromatic rings. The molecule has 2 aromatic heterocycles. The van der Waals surface area contributed by atoms with Crippen LogP contribution in [0.1, 0.15) is 21.8 Å². The number of thiazole rings is 1. The highest BCUT2D eigenvalue weighted by atomic mass is 32.2. The van der Waals surface area contributed by atoms with Crippen LogP contribution in [0, 0.1) is 12.7 Å². The second-order valence-corrected chi connectivity index (χ2v) is 8.93. The first-order valence-electron chi connectivity index (χ1n) is 9.62. The van der Waals surface area contributed by atoms with Gasteiger partial charge in [0.2, 0.25) is 5.91 Å². The summed E-state index contributed by atoms with van der Waals surface area (Å²) in [5.41, 5.74) is 2.14. The van der Waals surface area contributed by atoms with E-state index in [1.54, 1.807) is 18.3 Å². The number of halogens is 1. The number of aryl methyl sites for hydroxylation is 1. The number of carbonyl (C=O) groups excluding carboxylic acids is 1. The number of carbonyl (C=O) groups is 1. The van der Waals surface area contributed by atoms with Crippen molar-refractivity contribution in [1.82, 2.24) is 19.7 Å². The van der Waals surface area contributed by atoms with E-state index in [1.165, 1.54) is 35.2 Å². The molecule has 9 heteroatoms.